The molecule has 4 nitrogen and oxygen atoms in total. The molecule has 1 aliphatic heterocycles. The lowest BCUT2D eigenvalue weighted by atomic mass is 9.95. The van der Waals surface area contributed by atoms with Gasteiger partial charge in [-0.05, 0) is 24.8 Å². The highest BCUT2D eigenvalue weighted by Crippen LogP contribution is 2.36. The molecular weight excluding hydrogens is 366 g/mol. The Hall–Kier alpha value is -0.750. The van der Waals surface area contributed by atoms with E-state index in [1.165, 1.54) is 13.2 Å². The summed E-state index contributed by atoms with van der Waals surface area (Å²) in [5, 5.41) is 3.36. The minimum absolute atomic E-state index is 0. The molecule has 146 valence electrons. The molecule has 1 heterocycles. The molecule has 1 aliphatic rings. The van der Waals surface area contributed by atoms with Crippen molar-refractivity contribution in [1.82, 2.24) is 10.2 Å². The third kappa shape index (κ3) is 6.48. The minimum atomic E-state index is -0.213. The van der Waals surface area contributed by atoms with E-state index in [1.807, 2.05) is 0 Å². The number of halogens is 3. The first-order chi connectivity index (χ1) is 11.1. The van der Waals surface area contributed by atoms with Crippen LogP contribution in [-0.2, 0) is 0 Å². The van der Waals surface area contributed by atoms with Gasteiger partial charge in [0.2, 0.25) is 0 Å². The van der Waals surface area contributed by atoms with Crippen molar-refractivity contribution in [3.05, 3.63) is 23.5 Å². The number of methoxy groups -OCH3 is 2. The zero-order chi connectivity index (χ0) is 16.8. The zero-order valence-corrected chi connectivity index (χ0v) is 17.1. The molecule has 0 aromatic heterocycles. The van der Waals surface area contributed by atoms with Gasteiger partial charge in [-0.15, -0.1) is 24.8 Å². The molecule has 0 saturated carbocycles. The molecule has 0 radical (unpaired) electrons. The second-order valence-corrected chi connectivity index (χ2v) is 6.50. The Morgan fingerprint density at radius 1 is 1.04 bits per heavy atom. The van der Waals surface area contributed by atoms with E-state index < -0.39 is 0 Å². The zero-order valence-electron chi connectivity index (χ0n) is 15.5. The summed E-state index contributed by atoms with van der Waals surface area (Å²) in [6, 6.07) is 3.33. The lowest BCUT2D eigenvalue weighted by molar-refractivity contribution is 0.156. The van der Waals surface area contributed by atoms with Gasteiger partial charge in [-0.3, -0.25) is 4.90 Å². The fourth-order valence-corrected chi connectivity index (χ4v) is 3.15. The lowest BCUT2D eigenvalue weighted by Gasteiger charge is -2.36. The Morgan fingerprint density at radius 2 is 1.60 bits per heavy atom. The molecule has 0 unspecified atom stereocenters. The summed E-state index contributed by atoms with van der Waals surface area (Å²) in [7, 11) is 3.12. The van der Waals surface area contributed by atoms with E-state index in [0.717, 1.165) is 39.0 Å². The third-order valence-electron chi connectivity index (χ3n) is 4.47. The summed E-state index contributed by atoms with van der Waals surface area (Å²) in [4.78, 5) is 2.38. The first-order valence-electron chi connectivity index (χ1n) is 8.43. The predicted octanol–water partition coefficient (Wildman–Crippen LogP) is 4.07. The minimum Gasteiger partial charge on any atom is -0.493 e. The van der Waals surface area contributed by atoms with E-state index in [4.69, 9.17) is 9.47 Å². The van der Waals surface area contributed by atoms with Crippen LogP contribution in [0.3, 0.4) is 0 Å². The fourth-order valence-electron chi connectivity index (χ4n) is 3.15. The van der Waals surface area contributed by atoms with Crippen LogP contribution in [0.5, 0.6) is 11.5 Å². The number of ether oxygens (including phenoxy) is 2. The van der Waals surface area contributed by atoms with Crippen molar-refractivity contribution < 1.29 is 13.9 Å². The van der Waals surface area contributed by atoms with Crippen LogP contribution in [0, 0.1) is 11.7 Å². The molecule has 1 aromatic rings. The van der Waals surface area contributed by atoms with Gasteiger partial charge in [-0.1, -0.05) is 13.8 Å². The van der Waals surface area contributed by atoms with Crippen LogP contribution in [0.25, 0.3) is 0 Å². The maximum Gasteiger partial charge on any atom is 0.163 e. The molecule has 1 N–H and O–H groups in total. The van der Waals surface area contributed by atoms with Crippen LogP contribution >= 0.6 is 24.8 Å². The van der Waals surface area contributed by atoms with Crippen molar-refractivity contribution in [1.29, 1.82) is 0 Å². The summed E-state index contributed by atoms with van der Waals surface area (Å²) in [6.07, 6.45) is 2.02. The Balaban J connectivity index is 0.00000288. The van der Waals surface area contributed by atoms with Crippen LogP contribution in [0.4, 0.5) is 4.39 Å². The Morgan fingerprint density at radius 3 is 2.12 bits per heavy atom. The van der Waals surface area contributed by atoms with E-state index in [9.17, 15) is 4.39 Å². The van der Waals surface area contributed by atoms with Gasteiger partial charge in [-0.25, -0.2) is 4.39 Å². The molecule has 0 spiro atoms. The van der Waals surface area contributed by atoms with E-state index in [2.05, 4.69) is 24.1 Å². The Bertz CT molecular complexity index is 512. The molecule has 0 aliphatic carbocycles. The van der Waals surface area contributed by atoms with Crippen molar-refractivity contribution in [3.8, 4) is 11.5 Å². The molecule has 1 atom stereocenters. The van der Waals surface area contributed by atoms with E-state index in [1.54, 1.807) is 13.2 Å². The number of benzene rings is 1. The van der Waals surface area contributed by atoms with Crippen LogP contribution in [-0.4, -0.2) is 45.3 Å². The number of hydrogen-bond acceptors (Lipinski definition) is 4. The Kier molecular flexibility index (Phi) is 11.4. The number of piperazine rings is 1. The first kappa shape index (κ1) is 24.2. The topological polar surface area (TPSA) is 33.7 Å². The Labute approximate surface area is 163 Å². The second-order valence-electron chi connectivity index (χ2n) is 6.50. The standard InChI is InChI=1S/C18H29FN2O2.2ClH/c1-13(2)5-6-16(21-9-7-20-8-10-21)14-11-17(22-3)18(23-4)12-15(14)19;;/h11-13,16,20H,5-10H2,1-4H3;2*1H/t16-;;/m1../s1. The van der Waals surface area contributed by atoms with E-state index in [-0.39, 0.29) is 36.7 Å². The lowest BCUT2D eigenvalue weighted by Crippen LogP contribution is -2.45. The van der Waals surface area contributed by atoms with Crippen molar-refractivity contribution in [3.63, 3.8) is 0 Å². The normalized spacial score (nSPS) is 15.9. The summed E-state index contributed by atoms with van der Waals surface area (Å²) < 4.78 is 25.3. The number of hydrogen-bond donors (Lipinski definition) is 1. The van der Waals surface area contributed by atoms with Gasteiger partial charge in [-0.2, -0.15) is 0 Å². The van der Waals surface area contributed by atoms with Crippen LogP contribution in [0.2, 0.25) is 0 Å². The number of nitrogens with zero attached hydrogens (tertiary/aromatic N) is 1. The number of rotatable bonds is 7. The van der Waals surface area contributed by atoms with Crippen LogP contribution in [0.1, 0.15) is 38.3 Å². The average Bonchev–Trinajstić information content (AvgIpc) is 2.56. The van der Waals surface area contributed by atoms with Crippen molar-refractivity contribution >= 4 is 24.8 Å². The van der Waals surface area contributed by atoms with Gasteiger partial charge in [0, 0.05) is 43.9 Å². The monoisotopic (exact) mass is 396 g/mol. The number of nitrogens with one attached hydrogen (secondary N) is 1. The van der Waals surface area contributed by atoms with Crippen molar-refractivity contribution in [2.45, 2.75) is 32.7 Å². The molecule has 1 aromatic carbocycles. The predicted molar refractivity (Wildman–Crippen MR) is 105 cm³/mol. The average molecular weight is 397 g/mol. The largest absolute Gasteiger partial charge is 0.493 e. The van der Waals surface area contributed by atoms with E-state index in [0.29, 0.717) is 23.0 Å². The molecule has 0 amide bonds. The van der Waals surface area contributed by atoms with Gasteiger partial charge in [0.1, 0.15) is 5.82 Å². The van der Waals surface area contributed by atoms with E-state index >= 15 is 0 Å². The highest BCUT2D eigenvalue weighted by molar-refractivity contribution is 5.85. The maximum absolute atomic E-state index is 14.7. The maximum atomic E-state index is 14.7. The highest BCUT2D eigenvalue weighted by Gasteiger charge is 2.26. The summed E-state index contributed by atoms with van der Waals surface area (Å²) >= 11 is 0. The van der Waals surface area contributed by atoms with Crippen LogP contribution in [0.15, 0.2) is 12.1 Å². The van der Waals surface area contributed by atoms with Gasteiger partial charge < -0.3 is 14.8 Å². The molecule has 25 heavy (non-hydrogen) atoms. The highest BCUT2D eigenvalue weighted by atomic mass is 35.5. The fraction of sp³-hybridized carbons (Fsp3) is 0.667. The second kappa shape index (κ2) is 11.8. The van der Waals surface area contributed by atoms with Crippen molar-refractivity contribution in [2.75, 3.05) is 40.4 Å². The SMILES string of the molecule is COc1cc(F)c([C@@H](CCC(C)C)N2CCNCC2)cc1OC.Cl.Cl. The molecular formula is C18H31Cl2FN2O2. The third-order valence-corrected chi connectivity index (χ3v) is 4.47. The van der Waals surface area contributed by atoms with Crippen LogP contribution < -0.4 is 14.8 Å². The summed E-state index contributed by atoms with van der Waals surface area (Å²) in [5.41, 5.74) is 0.713. The first-order valence-corrected chi connectivity index (χ1v) is 8.43. The van der Waals surface area contributed by atoms with Gasteiger partial charge in [0.25, 0.3) is 0 Å². The van der Waals surface area contributed by atoms with Gasteiger partial charge >= 0.3 is 0 Å². The molecule has 1 saturated heterocycles. The molecule has 0 bridgehead atoms. The van der Waals surface area contributed by atoms with Gasteiger partial charge in [0.15, 0.2) is 11.5 Å². The van der Waals surface area contributed by atoms with Gasteiger partial charge in [0.05, 0.1) is 14.2 Å². The smallest absolute Gasteiger partial charge is 0.163 e. The van der Waals surface area contributed by atoms with Crippen molar-refractivity contribution in [2.24, 2.45) is 5.92 Å². The molecule has 1 fully saturated rings. The summed E-state index contributed by atoms with van der Waals surface area (Å²) in [6.45, 7) is 8.20. The quantitative estimate of drug-likeness (QED) is 0.752. The molecule has 2 rings (SSSR count). The molecule has 7 heteroatoms. The summed E-state index contributed by atoms with van der Waals surface area (Å²) in [5.74, 6) is 1.42.